The van der Waals surface area contributed by atoms with Crippen LogP contribution < -0.4 is 11.2 Å². The van der Waals surface area contributed by atoms with E-state index in [1.54, 1.807) is 6.92 Å². The van der Waals surface area contributed by atoms with Crippen molar-refractivity contribution in [2.75, 3.05) is 6.61 Å². The molecule has 1 aromatic heterocycles. The summed E-state index contributed by atoms with van der Waals surface area (Å²) in [5.41, 5.74) is -0.771. The molecule has 2 heterocycles. The van der Waals surface area contributed by atoms with Crippen LogP contribution in [0.1, 0.15) is 18.2 Å². The number of alkyl halides is 1. The van der Waals surface area contributed by atoms with Gasteiger partial charge in [0.05, 0.1) is 6.61 Å². The summed E-state index contributed by atoms with van der Waals surface area (Å²) in [6.45, 7) is 1.11. The van der Waals surface area contributed by atoms with E-state index in [2.05, 4.69) is 4.98 Å². The lowest BCUT2D eigenvalue weighted by molar-refractivity contribution is -0.0356. The molecule has 17 heavy (non-hydrogen) atoms. The Morgan fingerprint density at radius 3 is 2.94 bits per heavy atom. The van der Waals surface area contributed by atoms with Crippen LogP contribution in [-0.4, -0.2) is 33.5 Å². The van der Waals surface area contributed by atoms with E-state index < -0.39 is 36.4 Å². The van der Waals surface area contributed by atoms with Crippen LogP contribution >= 0.6 is 0 Å². The molecule has 0 aliphatic carbocycles. The maximum Gasteiger partial charge on any atom is 0.330 e. The minimum absolute atomic E-state index is 0.0172. The van der Waals surface area contributed by atoms with Gasteiger partial charge in [0.25, 0.3) is 5.56 Å². The van der Waals surface area contributed by atoms with Gasteiger partial charge in [0.1, 0.15) is 18.5 Å². The van der Waals surface area contributed by atoms with Crippen molar-refractivity contribution in [3.63, 3.8) is 0 Å². The summed E-state index contributed by atoms with van der Waals surface area (Å²) < 4.78 is 19.7. The number of aliphatic hydroxyl groups is 1. The van der Waals surface area contributed by atoms with Crippen LogP contribution in [0.3, 0.4) is 0 Å². The van der Waals surface area contributed by atoms with Gasteiger partial charge in [0.15, 0.2) is 0 Å². The normalized spacial score (nSPS) is 28.5. The molecule has 6 nitrogen and oxygen atoms in total. The third kappa shape index (κ3) is 2.16. The second-order valence-corrected chi connectivity index (χ2v) is 4.04. The molecule has 0 amide bonds. The van der Waals surface area contributed by atoms with Crippen LogP contribution in [0.15, 0.2) is 15.8 Å². The smallest absolute Gasteiger partial charge is 0.330 e. The van der Waals surface area contributed by atoms with Gasteiger partial charge in [0.2, 0.25) is 0 Å². The maximum atomic E-state index is 13.4. The molecule has 0 bridgehead atoms. The van der Waals surface area contributed by atoms with E-state index in [1.165, 1.54) is 6.20 Å². The van der Waals surface area contributed by atoms with Gasteiger partial charge in [-0.3, -0.25) is 14.3 Å². The van der Waals surface area contributed by atoms with E-state index in [0.717, 1.165) is 4.57 Å². The summed E-state index contributed by atoms with van der Waals surface area (Å²) >= 11 is 0. The van der Waals surface area contributed by atoms with Gasteiger partial charge in [-0.25, -0.2) is 9.18 Å². The first-order chi connectivity index (χ1) is 8.02. The van der Waals surface area contributed by atoms with Gasteiger partial charge >= 0.3 is 5.69 Å². The summed E-state index contributed by atoms with van der Waals surface area (Å²) in [5.74, 6) is 0. The number of aromatic nitrogens is 2. The van der Waals surface area contributed by atoms with Gasteiger partial charge in [-0.15, -0.1) is 0 Å². The molecule has 3 atom stereocenters. The fourth-order valence-corrected chi connectivity index (χ4v) is 1.82. The molecule has 1 aliphatic rings. The zero-order chi connectivity index (χ0) is 12.6. The Hall–Kier alpha value is -1.47. The first-order valence-corrected chi connectivity index (χ1v) is 5.25. The number of ether oxygens (including phenoxy) is 1. The Bertz CT molecular complexity index is 524. The summed E-state index contributed by atoms with van der Waals surface area (Å²) in [5, 5.41) is 8.86. The number of nitrogens with zero attached hydrogens (tertiary/aromatic N) is 1. The van der Waals surface area contributed by atoms with E-state index in [9.17, 15) is 14.0 Å². The summed E-state index contributed by atoms with van der Waals surface area (Å²) in [4.78, 5) is 24.8. The number of aliphatic hydroxyl groups excluding tert-OH is 1. The molecule has 94 valence electrons. The maximum absolute atomic E-state index is 13.4. The lowest BCUT2D eigenvalue weighted by Gasteiger charge is -2.14. The summed E-state index contributed by atoms with van der Waals surface area (Å²) in [6.07, 6.45) is -1.71. The van der Waals surface area contributed by atoms with Crippen LogP contribution in [0, 0.1) is 6.92 Å². The molecule has 2 rings (SSSR count). The number of aromatic amines is 1. The van der Waals surface area contributed by atoms with Gasteiger partial charge in [-0.2, -0.15) is 0 Å². The van der Waals surface area contributed by atoms with Crippen molar-refractivity contribution in [3.05, 3.63) is 32.6 Å². The number of H-pyrrole nitrogens is 1. The zero-order valence-corrected chi connectivity index (χ0v) is 9.22. The number of nitrogens with one attached hydrogen (secondary N) is 1. The van der Waals surface area contributed by atoms with Crippen molar-refractivity contribution < 1.29 is 14.2 Å². The van der Waals surface area contributed by atoms with E-state index >= 15 is 0 Å². The zero-order valence-electron chi connectivity index (χ0n) is 9.22. The lowest BCUT2D eigenvalue weighted by Crippen LogP contribution is -2.33. The van der Waals surface area contributed by atoms with Crippen LogP contribution in [0.25, 0.3) is 0 Å². The number of hydrogen-bond donors (Lipinski definition) is 2. The first-order valence-electron chi connectivity index (χ1n) is 5.25. The van der Waals surface area contributed by atoms with Crippen LogP contribution in [-0.2, 0) is 4.74 Å². The molecular weight excluding hydrogens is 231 g/mol. The molecule has 0 aromatic carbocycles. The highest BCUT2D eigenvalue weighted by atomic mass is 19.1. The highest BCUT2D eigenvalue weighted by molar-refractivity contribution is 5.02. The number of hydrogen-bond acceptors (Lipinski definition) is 4. The Morgan fingerprint density at radius 1 is 1.65 bits per heavy atom. The van der Waals surface area contributed by atoms with Crippen molar-refractivity contribution in [1.29, 1.82) is 0 Å². The van der Waals surface area contributed by atoms with Crippen molar-refractivity contribution in [2.45, 2.75) is 31.8 Å². The molecule has 7 heteroatoms. The fourth-order valence-electron chi connectivity index (χ4n) is 1.82. The van der Waals surface area contributed by atoms with Crippen molar-refractivity contribution in [3.8, 4) is 0 Å². The average molecular weight is 244 g/mol. The standard InChI is InChI=1S/C10H13FN2O4/c1-5-3-13(10(16)12-9(5)15)8-2-6(11)7(4-14)17-8/h3,6-8,14H,2,4H2,1H3,(H,12,15,16)/t6-,7?,8-/m1/s1. The van der Waals surface area contributed by atoms with Crippen LogP contribution in [0.5, 0.6) is 0 Å². The van der Waals surface area contributed by atoms with E-state index in [0.29, 0.717) is 5.56 Å². The Labute approximate surface area is 95.7 Å². The molecule has 2 N–H and O–H groups in total. The molecule has 1 aromatic rings. The molecule has 1 unspecified atom stereocenters. The van der Waals surface area contributed by atoms with E-state index in [-0.39, 0.29) is 6.42 Å². The van der Waals surface area contributed by atoms with Gasteiger partial charge in [-0.1, -0.05) is 0 Å². The molecule has 0 spiro atoms. The molecular formula is C10H13FN2O4. The third-order valence-electron chi connectivity index (χ3n) is 2.80. The van der Waals surface area contributed by atoms with Crippen molar-refractivity contribution in [2.24, 2.45) is 0 Å². The molecule has 1 saturated heterocycles. The van der Waals surface area contributed by atoms with Gasteiger partial charge in [0, 0.05) is 18.2 Å². The summed E-state index contributed by atoms with van der Waals surface area (Å²) in [6, 6.07) is 0. The first kappa shape index (κ1) is 12.0. The quantitative estimate of drug-likeness (QED) is 0.732. The molecule has 0 radical (unpaired) electrons. The lowest BCUT2D eigenvalue weighted by atomic mass is 10.2. The number of aryl methyl sites for hydroxylation is 1. The number of rotatable bonds is 2. The monoisotopic (exact) mass is 244 g/mol. The SMILES string of the molecule is Cc1cn([C@H]2C[C@@H](F)C(CO)O2)c(=O)[nH]c1=O. The largest absolute Gasteiger partial charge is 0.394 e. The van der Waals surface area contributed by atoms with E-state index in [4.69, 9.17) is 9.84 Å². The Kier molecular flexibility index (Phi) is 3.12. The Balaban J connectivity index is 2.34. The Morgan fingerprint density at radius 2 is 2.35 bits per heavy atom. The molecule has 0 saturated carbocycles. The molecule has 1 fully saturated rings. The second kappa shape index (κ2) is 4.42. The van der Waals surface area contributed by atoms with Gasteiger partial charge < -0.3 is 9.84 Å². The minimum atomic E-state index is -1.32. The van der Waals surface area contributed by atoms with Gasteiger partial charge in [-0.05, 0) is 6.92 Å². The summed E-state index contributed by atoms with van der Waals surface area (Å²) in [7, 11) is 0. The number of halogens is 1. The second-order valence-electron chi connectivity index (χ2n) is 4.04. The van der Waals surface area contributed by atoms with E-state index in [1.807, 2.05) is 0 Å². The highest BCUT2D eigenvalue weighted by Crippen LogP contribution is 2.29. The molecule has 1 aliphatic heterocycles. The van der Waals surface area contributed by atoms with Crippen molar-refractivity contribution in [1.82, 2.24) is 9.55 Å². The van der Waals surface area contributed by atoms with Crippen LogP contribution in [0.2, 0.25) is 0 Å². The third-order valence-corrected chi connectivity index (χ3v) is 2.80. The average Bonchev–Trinajstić information content (AvgIpc) is 2.65. The fraction of sp³-hybridized carbons (Fsp3) is 0.600. The van der Waals surface area contributed by atoms with Crippen LogP contribution in [0.4, 0.5) is 4.39 Å². The minimum Gasteiger partial charge on any atom is -0.394 e. The topological polar surface area (TPSA) is 84.3 Å². The predicted octanol–water partition coefficient (Wildman–Crippen LogP) is -0.537. The predicted molar refractivity (Wildman–Crippen MR) is 56.6 cm³/mol. The van der Waals surface area contributed by atoms with Crippen molar-refractivity contribution >= 4 is 0 Å². The highest BCUT2D eigenvalue weighted by Gasteiger charge is 2.36.